The minimum Gasteiger partial charge on any atom is -0.366 e. The molecule has 8 rings (SSSR count). The van der Waals surface area contributed by atoms with Gasteiger partial charge in [-0.25, -0.2) is 4.98 Å². The number of hydrogen-bond donors (Lipinski definition) is 2. The first-order chi connectivity index (χ1) is 18.8. The van der Waals surface area contributed by atoms with Gasteiger partial charge in [-0.2, -0.15) is 10.2 Å². The normalized spacial score (nSPS) is 28.6. The highest BCUT2D eigenvalue weighted by Gasteiger charge is 2.50. The molecule has 4 fully saturated rings. The quantitative estimate of drug-likeness (QED) is 0.521. The number of amides is 1. The Morgan fingerprint density at radius 2 is 2.00 bits per heavy atom. The van der Waals surface area contributed by atoms with Gasteiger partial charge in [-0.15, -0.1) is 0 Å². The Morgan fingerprint density at radius 1 is 1.21 bits per heavy atom. The third kappa shape index (κ3) is 4.32. The predicted molar refractivity (Wildman–Crippen MR) is 149 cm³/mol. The molecular weight excluding hydrogens is 492 g/mol. The summed E-state index contributed by atoms with van der Waals surface area (Å²) in [4.78, 5) is 20.1. The van der Waals surface area contributed by atoms with Crippen molar-refractivity contribution in [3.05, 3.63) is 34.9 Å². The van der Waals surface area contributed by atoms with Crippen LogP contribution >= 0.6 is 0 Å². The largest absolute Gasteiger partial charge is 0.366 e. The molecule has 10 heteroatoms. The Morgan fingerprint density at radius 3 is 2.74 bits per heavy atom. The monoisotopic (exact) mass is 532 g/mol. The van der Waals surface area contributed by atoms with Crippen molar-refractivity contribution in [2.24, 2.45) is 12.5 Å². The first kappa shape index (κ1) is 25.0. The maximum Gasteiger partial charge on any atom is 0.250 e. The molecule has 3 aliphatic carbocycles. The Hall–Kier alpha value is -2.98. The van der Waals surface area contributed by atoms with Crippen molar-refractivity contribution in [1.29, 1.82) is 0 Å². The van der Waals surface area contributed by atoms with Gasteiger partial charge in [0.1, 0.15) is 6.10 Å². The van der Waals surface area contributed by atoms with E-state index in [1.165, 1.54) is 16.9 Å². The molecule has 208 valence electrons. The molecule has 1 atom stereocenters. The number of pyridine rings is 1. The van der Waals surface area contributed by atoms with Crippen LogP contribution in [0.15, 0.2) is 12.3 Å². The van der Waals surface area contributed by atoms with Crippen LogP contribution in [0.2, 0.25) is 0 Å². The number of rotatable bonds is 5. The van der Waals surface area contributed by atoms with E-state index in [2.05, 4.69) is 45.2 Å². The van der Waals surface area contributed by atoms with Gasteiger partial charge in [0, 0.05) is 68.7 Å². The maximum absolute atomic E-state index is 12.9. The lowest BCUT2D eigenvalue weighted by atomic mass is 9.57. The lowest BCUT2D eigenvalue weighted by Crippen LogP contribution is -2.60. The Balaban J connectivity index is 1.05. The van der Waals surface area contributed by atoms with E-state index in [-0.39, 0.29) is 23.0 Å². The van der Waals surface area contributed by atoms with Crippen LogP contribution in [0.5, 0.6) is 0 Å². The fourth-order valence-electron chi connectivity index (χ4n) is 7.56. The molecule has 0 radical (unpaired) electrons. The van der Waals surface area contributed by atoms with Crippen molar-refractivity contribution in [3.8, 4) is 0 Å². The van der Waals surface area contributed by atoms with Gasteiger partial charge in [0.05, 0.1) is 29.6 Å². The molecule has 1 saturated heterocycles. The maximum atomic E-state index is 12.9. The van der Waals surface area contributed by atoms with Crippen molar-refractivity contribution < 1.29 is 9.53 Å². The fourth-order valence-corrected chi connectivity index (χ4v) is 7.56. The summed E-state index contributed by atoms with van der Waals surface area (Å²) in [7, 11) is 1.96. The molecular formula is C29H40N8O2. The highest BCUT2D eigenvalue weighted by molar-refractivity contribution is 5.89. The van der Waals surface area contributed by atoms with Crippen molar-refractivity contribution in [1.82, 2.24) is 35.2 Å². The van der Waals surface area contributed by atoms with E-state index in [9.17, 15) is 4.79 Å². The Kier molecular flexibility index (Phi) is 5.97. The van der Waals surface area contributed by atoms with Gasteiger partial charge in [0.25, 0.3) is 5.91 Å². The molecule has 0 aromatic carbocycles. The van der Waals surface area contributed by atoms with Crippen LogP contribution in [0, 0.1) is 19.3 Å². The minimum atomic E-state index is -0.356. The summed E-state index contributed by atoms with van der Waals surface area (Å²) in [5, 5.41) is 17.4. The fraction of sp³-hybridized carbons (Fsp3) is 0.655. The van der Waals surface area contributed by atoms with E-state index in [0.717, 1.165) is 93.5 Å². The number of nitrogens with one attached hydrogen (secondary N) is 2. The van der Waals surface area contributed by atoms with E-state index in [0.29, 0.717) is 13.2 Å². The highest BCUT2D eigenvalue weighted by Crippen LogP contribution is 2.53. The zero-order valence-electron chi connectivity index (χ0n) is 23.4. The van der Waals surface area contributed by atoms with Crippen molar-refractivity contribution >= 4 is 22.6 Å². The van der Waals surface area contributed by atoms with Crippen LogP contribution in [0.4, 0.5) is 5.69 Å². The van der Waals surface area contributed by atoms with E-state index < -0.39 is 0 Å². The number of anilines is 1. The van der Waals surface area contributed by atoms with E-state index >= 15 is 0 Å². The predicted octanol–water partition coefficient (Wildman–Crippen LogP) is 2.54. The second kappa shape index (κ2) is 9.30. The van der Waals surface area contributed by atoms with Crippen LogP contribution in [0.25, 0.3) is 11.0 Å². The molecule has 1 amide bonds. The van der Waals surface area contributed by atoms with E-state index in [4.69, 9.17) is 14.8 Å². The molecule has 5 aliphatic rings. The molecule has 39 heavy (non-hydrogen) atoms. The molecule has 3 saturated carbocycles. The number of aryl methyl sites for hydroxylation is 3. The highest BCUT2D eigenvalue weighted by atomic mass is 16.5. The molecule has 2 N–H and O–H groups in total. The average molecular weight is 533 g/mol. The van der Waals surface area contributed by atoms with Gasteiger partial charge < -0.3 is 20.3 Å². The lowest BCUT2D eigenvalue weighted by molar-refractivity contribution is -0.138. The van der Waals surface area contributed by atoms with Crippen molar-refractivity contribution in [2.45, 2.75) is 83.5 Å². The molecule has 10 nitrogen and oxygen atoms in total. The minimum absolute atomic E-state index is 0.0556. The summed E-state index contributed by atoms with van der Waals surface area (Å²) in [6.07, 6.45) is 9.17. The summed E-state index contributed by atoms with van der Waals surface area (Å²) >= 11 is 0. The number of fused-ring (bicyclic) bond motifs is 5. The van der Waals surface area contributed by atoms with Gasteiger partial charge >= 0.3 is 0 Å². The third-order valence-corrected chi connectivity index (χ3v) is 9.98. The Bertz CT molecular complexity index is 1390. The third-order valence-electron chi connectivity index (χ3n) is 9.98. The molecule has 5 heterocycles. The van der Waals surface area contributed by atoms with Crippen molar-refractivity contribution in [3.63, 3.8) is 0 Å². The SMILES string of the molecule is Cc1cc(N2CCc3c(c(C)nn3CC34CCC(NC(=O)[C@@H]5CNCCO5)(CC3)CC4)C2)c2cnn(C)c2n1. The standard InChI is InChI=1S/C29H40N8O2/c1-19-14-24(21-15-31-35(3)26(21)32-19)36-12-4-23-22(17-36)20(2)34-37(23)18-28-5-8-29(9-6-28,10-7-28)33-27(38)25-16-30-11-13-39-25/h14-15,25,30H,4-13,16-18H2,1-3H3,(H,33,38)/t25-,28?,29?/m0/s1. The van der Waals surface area contributed by atoms with Crippen LogP contribution in [-0.4, -0.2) is 68.3 Å². The topological polar surface area (TPSA) is 102 Å². The van der Waals surface area contributed by atoms with Gasteiger partial charge in [-0.3, -0.25) is 14.2 Å². The number of carbonyl (C=O) groups excluding carboxylic acids is 1. The number of nitrogens with zero attached hydrogens (tertiary/aromatic N) is 6. The molecule has 0 unspecified atom stereocenters. The smallest absolute Gasteiger partial charge is 0.250 e. The molecule has 3 aromatic rings. The van der Waals surface area contributed by atoms with Gasteiger partial charge in [0.2, 0.25) is 0 Å². The number of carbonyl (C=O) groups is 1. The number of morpholine rings is 1. The number of aromatic nitrogens is 5. The lowest BCUT2D eigenvalue weighted by Gasteiger charge is -2.54. The second-order valence-corrected chi connectivity index (χ2v) is 12.5. The summed E-state index contributed by atoms with van der Waals surface area (Å²) in [6, 6.07) is 2.19. The number of ether oxygens (including phenoxy) is 1. The zero-order chi connectivity index (χ0) is 26.8. The van der Waals surface area contributed by atoms with Crippen LogP contribution in [0.1, 0.15) is 61.2 Å². The van der Waals surface area contributed by atoms with Crippen LogP contribution in [0.3, 0.4) is 0 Å². The summed E-state index contributed by atoms with van der Waals surface area (Å²) < 4.78 is 9.91. The van der Waals surface area contributed by atoms with E-state index in [1.54, 1.807) is 0 Å². The van der Waals surface area contributed by atoms with Crippen molar-refractivity contribution in [2.75, 3.05) is 31.1 Å². The van der Waals surface area contributed by atoms with Gasteiger partial charge in [0.15, 0.2) is 5.65 Å². The summed E-state index contributed by atoms with van der Waals surface area (Å²) in [5.74, 6) is 0.0610. The first-order valence-electron chi connectivity index (χ1n) is 14.6. The first-order valence-corrected chi connectivity index (χ1v) is 14.6. The van der Waals surface area contributed by atoms with Gasteiger partial charge in [-0.05, 0) is 63.9 Å². The summed E-state index contributed by atoms with van der Waals surface area (Å²) in [6.45, 7) is 9.09. The molecule has 3 aromatic heterocycles. The Labute approximate surface area is 229 Å². The van der Waals surface area contributed by atoms with Crippen LogP contribution < -0.4 is 15.5 Å². The van der Waals surface area contributed by atoms with Gasteiger partial charge in [-0.1, -0.05) is 0 Å². The molecule has 0 spiro atoms. The second-order valence-electron chi connectivity index (χ2n) is 12.5. The number of hydrogen-bond acceptors (Lipinski definition) is 7. The average Bonchev–Trinajstić information content (AvgIpc) is 3.48. The zero-order valence-corrected chi connectivity index (χ0v) is 23.4. The summed E-state index contributed by atoms with van der Waals surface area (Å²) in [5.41, 5.74) is 7.32. The van der Waals surface area contributed by atoms with Crippen LogP contribution in [-0.2, 0) is 36.1 Å². The molecule has 2 bridgehead atoms. The molecule has 2 aliphatic heterocycles. The van der Waals surface area contributed by atoms with E-state index in [1.807, 2.05) is 17.9 Å².